The van der Waals surface area contributed by atoms with Crippen LogP contribution in [0.1, 0.15) is 22.7 Å². The molecule has 1 atom stereocenters. The largest absolute Gasteiger partial charge is 0.466 e. The maximum atomic E-state index is 13.9. The molecular weight excluding hydrogens is 482 g/mol. The third-order valence-electron chi connectivity index (χ3n) is 7.31. The Balaban J connectivity index is 1.78. The zero-order chi connectivity index (χ0) is 25.6. The lowest BCUT2D eigenvalue weighted by Crippen LogP contribution is -2.56. The molecule has 6 rings (SSSR count). The van der Waals surface area contributed by atoms with Gasteiger partial charge in [-0.05, 0) is 39.9 Å². The summed E-state index contributed by atoms with van der Waals surface area (Å²) in [6.45, 7) is 0. The molecule has 184 valence electrons. The average molecular weight is 508 g/mol. The van der Waals surface area contributed by atoms with Gasteiger partial charge in [0.1, 0.15) is 0 Å². The summed E-state index contributed by atoms with van der Waals surface area (Å²) in [5.74, 6) is -1.35. The monoisotopic (exact) mass is 507 g/mol. The van der Waals surface area contributed by atoms with Crippen molar-refractivity contribution in [3.05, 3.63) is 126 Å². The molecule has 0 N–H and O–H groups in total. The second-order valence-corrected chi connectivity index (χ2v) is 10.5. The molecule has 0 saturated carbocycles. The second kappa shape index (κ2) is 8.82. The molecule has 5 nitrogen and oxygen atoms in total. The van der Waals surface area contributed by atoms with Gasteiger partial charge in [-0.15, -0.1) is 0 Å². The van der Waals surface area contributed by atoms with Crippen LogP contribution in [0, 0.1) is 0 Å². The van der Waals surface area contributed by atoms with Gasteiger partial charge in [-0.2, -0.15) is 0 Å². The fourth-order valence-corrected chi connectivity index (χ4v) is 7.95. The quantitative estimate of drug-likeness (QED) is 0.251. The molecule has 1 fully saturated rings. The van der Waals surface area contributed by atoms with Gasteiger partial charge in [0.05, 0.1) is 25.0 Å². The number of benzene rings is 4. The van der Waals surface area contributed by atoms with Crippen LogP contribution in [0.5, 0.6) is 0 Å². The molecule has 0 radical (unpaired) electrons. The third-order valence-corrected chi connectivity index (χ3v) is 9.12. The van der Waals surface area contributed by atoms with Crippen molar-refractivity contribution in [2.75, 3.05) is 19.1 Å². The first-order valence-electron chi connectivity index (χ1n) is 12.1. The van der Waals surface area contributed by atoms with Crippen molar-refractivity contribution in [3.63, 3.8) is 0 Å². The van der Waals surface area contributed by atoms with Crippen LogP contribution in [0.25, 0.3) is 11.1 Å². The first kappa shape index (κ1) is 23.4. The van der Waals surface area contributed by atoms with Crippen LogP contribution in [0.15, 0.2) is 109 Å². The Labute approximate surface area is 220 Å². The van der Waals surface area contributed by atoms with Gasteiger partial charge in [0, 0.05) is 5.69 Å². The topological polar surface area (TPSA) is 55.8 Å². The highest BCUT2D eigenvalue weighted by Gasteiger charge is 2.72. The maximum Gasteiger partial charge on any atom is 0.354 e. The summed E-state index contributed by atoms with van der Waals surface area (Å²) in [5.41, 5.74) is 5.96. The van der Waals surface area contributed by atoms with Crippen LogP contribution >= 0.6 is 11.8 Å². The predicted octanol–water partition coefficient (Wildman–Crippen LogP) is 5.95. The number of hydrogen-bond acceptors (Lipinski definition) is 6. The number of rotatable bonds is 4. The highest BCUT2D eigenvalue weighted by Crippen LogP contribution is 2.71. The Bertz CT molecular complexity index is 1430. The van der Waals surface area contributed by atoms with Gasteiger partial charge in [-0.3, -0.25) is 0 Å². The third kappa shape index (κ3) is 3.12. The number of nitrogens with zero attached hydrogens (tertiary/aromatic N) is 1. The fourth-order valence-electron chi connectivity index (χ4n) is 5.91. The van der Waals surface area contributed by atoms with Gasteiger partial charge in [0.15, 0.2) is 0 Å². The van der Waals surface area contributed by atoms with Crippen molar-refractivity contribution in [2.45, 2.75) is 15.7 Å². The van der Waals surface area contributed by atoms with E-state index in [0.29, 0.717) is 0 Å². The minimum atomic E-state index is -1.80. The summed E-state index contributed by atoms with van der Waals surface area (Å²) in [5, 5.41) is 0. The number of thioether (sulfide) groups is 1. The molecule has 1 aliphatic heterocycles. The summed E-state index contributed by atoms with van der Waals surface area (Å²) in [4.78, 5) is 27.9. The normalized spacial score (nSPS) is 18.2. The van der Waals surface area contributed by atoms with E-state index in [-0.39, 0.29) is 0 Å². The van der Waals surface area contributed by atoms with Crippen molar-refractivity contribution in [1.29, 1.82) is 0 Å². The minimum Gasteiger partial charge on any atom is -0.466 e. The van der Waals surface area contributed by atoms with Crippen molar-refractivity contribution >= 4 is 29.4 Å². The van der Waals surface area contributed by atoms with E-state index in [2.05, 4.69) is 36.4 Å². The van der Waals surface area contributed by atoms with Crippen LogP contribution in [-0.4, -0.2) is 31.0 Å². The van der Waals surface area contributed by atoms with Crippen LogP contribution in [-0.2, 0) is 23.8 Å². The maximum absolute atomic E-state index is 13.9. The summed E-state index contributed by atoms with van der Waals surface area (Å²) in [6.07, 6.45) is 0. The number of carbonyl (C=O) groups excluding carboxylic acids is 2. The molecule has 4 aromatic rings. The fraction of sp³-hybridized carbons (Fsp3) is 0.161. The number of para-hydroxylation sites is 1. The molecule has 6 heteroatoms. The van der Waals surface area contributed by atoms with E-state index >= 15 is 0 Å². The summed E-state index contributed by atoms with van der Waals surface area (Å²) in [6, 6.07) is 35.7. The van der Waals surface area contributed by atoms with Crippen LogP contribution in [0.2, 0.25) is 0 Å². The molecule has 4 aromatic carbocycles. The molecule has 2 aliphatic rings. The lowest BCUT2D eigenvalue weighted by Gasteiger charge is -2.39. The molecule has 0 unspecified atom stereocenters. The number of carbonyl (C=O) groups is 2. The van der Waals surface area contributed by atoms with E-state index in [4.69, 9.17) is 9.47 Å². The standard InChI is InChI=1S/C31H25NO4S/c1-35-28(33)31(29(34)36-2)32(22-15-7-4-8-16-22)27(21-13-5-3-6-14-21)30(37-31)25-19-11-9-17-23(25)24-18-10-12-20-26(24)30/h3-20,27H,1-2H3/t27-/m0/s1. The first-order chi connectivity index (χ1) is 18.1. The molecule has 0 aromatic heterocycles. The Kier molecular flexibility index (Phi) is 5.57. The molecule has 1 aliphatic carbocycles. The highest BCUT2D eigenvalue weighted by molar-refractivity contribution is 8.03. The molecule has 1 saturated heterocycles. The van der Waals surface area contributed by atoms with Crippen molar-refractivity contribution in [1.82, 2.24) is 0 Å². The molecule has 1 spiro atoms. The lowest BCUT2D eigenvalue weighted by molar-refractivity contribution is -0.155. The van der Waals surface area contributed by atoms with Crippen LogP contribution < -0.4 is 4.90 Å². The van der Waals surface area contributed by atoms with E-state index in [1.807, 2.05) is 77.7 Å². The summed E-state index contributed by atoms with van der Waals surface area (Å²) < 4.78 is 9.93. The van der Waals surface area contributed by atoms with Gasteiger partial charge in [-0.1, -0.05) is 109 Å². The van der Waals surface area contributed by atoms with Gasteiger partial charge < -0.3 is 14.4 Å². The number of methoxy groups -OCH3 is 2. The zero-order valence-corrected chi connectivity index (χ0v) is 21.3. The summed E-state index contributed by atoms with van der Waals surface area (Å²) >= 11 is 1.30. The zero-order valence-electron chi connectivity index (χ0n) is 20.5. The smallest absolute Gasteiger partial charge is 0.354 e. The number of esters is 2. The molecular formula is C31H25NO4S. The van der Waals surface area contributed by atoms with E-state index in [1.54, 1.807) is 0 Å². The second-order valence-electron chi connectivity index (χ2n) is 9.07. The first-order valence-corrected chi connectivity index (χ1v) is 12.9. The number of fused-ring (bicyclic) bond motifs is 5. The van der Waals surface area contributed by atoms with Crippen molar-refractivity contribution in [3.8, 4) is 11.1 Å². The Hall–Kier alpha value is -4.03. The average Bonchev–Trinajstić information content (AvgIpc) is 3.45. The Morgan fingerprint density at radius 2 is 1.14 bits per heavy atom. The highest BCUT2D eigenvalue weighted by atomic mass is 32.2. The summed E-state index contributed by atoms with van der Waals surface area (Å²) in [7, 11) is 2.63. The predicted molar refractivity (Wildman–Crippen MR) is 145 cm³/mol. The molecule has 0 bridgehead atoms. The van der Waals surface area contributed by atoms with Gasteiger partial charge in [0.2, 0.25) is 0 Å². The number of ether oxygens (including phenoxy) is 2. The van der Waals surface area contributed by atoms with E-state index < -0.39 is 27.6 Å². The van der Waals surface area contributed by atoms with E-state index in [0.717, 1.165) is 33.5 Å². The van der Waals surface area contributed by atoms with Gasteiger partial charge in [0.25, 0.3) is 4.87 Å². The van der Waals surface area contributed by atoms with Gasteiger partial charge >= 0.3 is 11.9 Å². The number of anilines is 1. The van der Waals surface area contributed by atoms with Gasteiger partial charge in [-0.25, -0.2) is 9.59 Å². The molecule has 1 heterocycles. The minimum absolute atomic E-state index is 0.441. The lowest BCUT2D eigenvalue weighted by atomic mass is 9.82. The molecule has 0 amide bonds. The molecule has 37 heavy (non-hydrogen) atoms. The van der Waals surface area contributed by atoms with Crippen LogP contribution in [0.3, 0.4) is 0 Å². The number of hydrogen-bond donors (Lipinski definition) is 0. The van der Waals surface area contributed by atoms with E-state index in [1.165, 1.54) is 26.0 Å². The van der Waals surface area contributed by atoms with E-state index in [9.17, 15) is 9.59 Å². The SMILES string of the molecule is COC(=O)C1(C(=O)OC)SC2(c3ccccc3-c3ccccc32)[C@H](c2ccccc2)N1c1ccccc1. The van der Waals surface area contributed by atoms with Crippen LogP contribution in [0.4, 0.5) is 5.69 Å². The van der Waals surface area contributed by atoms with Crippen molar-refractivity contribution in [2.24, 2.45) is 0 Å². The van der Waals surface area contributed by atoms with Crippen molar-refractivity contribution < 1.29 is 19.1 Å². The Morgan fingerprint density at radius 1 is 0.676 bits per heavy atom. The Morgan fingerprint density at radius 3 is 1.65 bits per heavy atom.